The van der Waals surface area contributed by atoms with Crippen molar-refractivity contribution in [2.24, 2.45) is 0 Å². The summed E-state index contributed by atoms with van der Waals surface area (Å²) in [6.45, 7) is 1.48. The Morgan fingerprint density at radius 1 is 0.682 bits per heavy atom. The fourth-order valence-corrected chi connectivity index (χ4v) is 2.51. The van der Waals surface area contributed by atoms with Crippen molar-refractivity contribution < 1.29 is 9.47 Å². The third kappa shape index (κ3) is 6.69. The predicted octanol–water partition coefficient (Wildman–Crippen LogP) is 5.29. The van der Waals surface area contributed by atoms with Crippen LogP contribution >= 0.6 is 22.6 Å². The molecule has 0 aliphatic rings. The quantitative estimate of drug-likeness (QED) is 0.301. The zero-order chi connectivity index (χ0) is 15.5. The molecule has 22 heavy (non-hydrogen) atoms. The number of unbranched alkanes of at least 4 members (excludes halogenated alkanes) is 1. The summed E-state index contributed by atoms with van der Waals surface area (Å²) >= 11 is 2.42. The van der Waals surface area contributed by atoms with Crippen LogP contribution in [0, 0.1) is 0 Å². The third-order valence-corrected chi connectivity index (χ3v) is 4.10. The van der Waals surface area contributed by atoms with E-state index >= 15 is 0 Å². The standard InChI is InChI=1S/C19H23IO2/c20-14-6-7-17-10-12-19(13-11-17)22-16-5-4-15-21-18-8-2-1-3-9-18/h1-3,8-13H,4-7,14-16H2. The highest BCUT2D eigenvalue weighted by Gasteiger charge is 1.97. The van der Waals surface area contributed by atoms with E-state index in [4.69, 9.17) is 9.47 Å². The van der Waals surface area contributed by atoms with E-state index < -0.39 is 0 Å². The van der Waals surface area contributed by atoms with Gasteiger partial charge in [0.15, 0.2) is 0 Å². The first-order valence-electron chi connectivity index (χ1n) is 7.84. The van der Waals surface area contributed by atoms with Gasteiger partial charge in [0.05, 0.1) is 13.2 Å². The van der Waals surface area contributed by atoms with Crippen LogP contribution < -0.4 is 9.47 Å². The van der Waals surface area contributed by atoms with E-state index in [1.807, 2.05) is 30.3 Å². The van der Waals surface area contributed by atoms with Crippen molar-refractivity contribution in [3.8, 4) is 11.5 Å². The lowest BCUT2D eigenvalue weighted by molar-refractivity contribution is 0.266. The highest BCUT2D eigenvalue weighted by atomic mass is 127. The van der Waals surface area contributed by atoms with E-state index in [1.54, 1.807) is 0 Å². The molecule has 0 amide bonds. The van der Waals surface area contributed by atoms with Gasteiger partial charge in [-0.15, -0.1) is 0 Å². The second-order valence-corrected chi connectivity index (χ2v) is 6.23. The van der Waals surface area contributed by atoms with E-state index in [0.717, 1.165) is 44.0 Å². The highest BCUT2D eigenvalue weighted by Crippen LogP contribution is 2.14. The Hall–Kier alpha value is -1.23. The molecule has 0 aliphatic heterocycles. The zero-order valence-corrected chi connectivity index (χ0v) is 15.0. The number of rotatable bonds is 10. The van der Waals surface area contributed by atoms with E-state index in [9.17, 15) is 0 Å². The summed E-state index contributed by atoms with van der Waals surface area (Å²) in [7, 11) is 0. The normalized spacial score (nSPS) is 10.4. The molecule has 0 aliphatic carbocycles. The van der Waals surface area contributed by atoms with Gasteiger partial charge >= 0.3 is 0 Å². The molecule has 0 atom stereocenters. The summed E-state index contributed by atoms with van der Waals surface area (Å²) in [5.41, 5.74) is 1.39. The average molecular weight is 410 g/mol. The molecule has 2 aromatic carbocycles. The van der Waals surface area contributed by atoms with Gasteiger partial charge in [-0.2, -0.15) is 0 Å². The van der Waals surface area contributed by atoms with Crippen LogP contribution in [0.25, 0.3) is 0 Å². The Kier molecular flexibility index (Phi) is 8.17. The first kappa shape index (κ1) is 17.1. The smallest absolute Gasteiger partial charge is 0.119 e. The lowest BCUT2D eigenvalue weighted by Gasteiger charge is -2.08. The van der Waals surface area contributed by atoms with Gasteiger partial charge in [-0.1, -0.05) is 52.9 Å². The van der Waals surface area contributed by atoms with Crippen molar-refractivity contribution in [3.05, 3.63) is 60.2 Å². The summed E-state index contributed by atoms with van der Waals surface area (Å²) < 4.78 is 12.6. The molecule has 0 bridgehead atoms. The van der Waals surface area contributed by atoms with Crippen molar-refractivity contribution in [1.29, 1.82) is 0 Å². The topological polar surface area (TPSA) is 18.5 Å². The number of alkyl halides is 1. The minimum Gasteiger partial charge on any atom is -0.494 e. The van der Waals surface area contributed by atoms with Gasteiger partial charge in [0.1, 0.15) is 11.5 Å². The number of aryl methyl sites for hydroxylation is 1. The van der Waals surface area contributed by atoms with Crippen LogP contribution in [0.3, 0.4) is 0 Å². The van der Waals surface area contributed by atoms with Gasteiger partial charge in [0, 0.05) is 0 Å². The molecule has 2 rings (SSSR count). The van der Waals surface area contributed by atoms with Gasteiger partial charge in [-0.05, 0) is 59.9 Å². The van der Waals surface area contributed by atoms with Crippen LogP contribution in [-0.2, 0) is 6.42 Å². The van der Waals surface area contributed by atoms with Crippen molar-refractivity contribution in [2.75, 3.05) is 17.6 Å². The molecule has 2 nitrogen and oxygen atoms in total. The fraction of sp³-hybridized carbons (Fsp3) is 0.368. The lowest BCUT2D eigenvalue weighted by atomic mass is 10.1. The van der Waals surface area contributed by atoms with E-state index in [2.05, 4.69) is 46.9 Å². The molecule has 0 fully saturated rings. The van der Waals surface area contributed by atoms with Crippen LogP contribution in [-0.4, -0.2) is 17.6 Å². The molecule has 0 N–H and O–H groups in total. The second-order valence-electron chi connectivity index (χ2n) is 5.15. The van der Waals surface area contributed by atoms with Crippen LogP contribution in [0.2, 0.25) is 0 Å². The number of benzene rings is 2. The summed E-state index contributed by atoms with van der Waals surface area (Å²) in [6, 6.07) is 18.4. The largest absolute Gasteiger partial charge is 0.494 e. The summed E-state index contributed by atoms with van der Waals surface area (Å²) in [5, 5.41) is 0. The first-order valence-corrected chi connectivity index (χ1v) is 9.36. The fourth-order valence-electron chi connectivity index (χ4n) is 2.12. The molecule has 118 valence electrons. The molecule has 0 aromatic heterocycles. The molecular weight excluding hydrogens is 387 g/mol. The molecule has 0 heterocycles. The van der Waals surface area contributed by atoms with Crippen molar-refractivity contribution in [3.63, 3.8) is 0 Å². The van der Waals surface area contributed by atoms with Crippen LogP contribution in [0.15, 0.2) is 54.6 Å². The molecule has 0 spiro atoms. The Morgan fingerprint density at radius 3 is 1.86 bits per heavy atom. The van der Waals surface area contributed by atoms with Crippen molar-refractivity contribution >= 4 is 22.6 Å². The summed E-state index contributed by atoms with van der Waals surface area (Å²) in [4.78, 5) is 0. The Balaban J connectivity index is 1.56. The molecule has 0 saturated heterocycles. The Labute approximate surface area is 147 Å². The van der Waals surface area contributed by atoms with Crippen molar-refractivity contribution in [2.45, 2.75) is 25.7 Å². The number of hydrogen-bond donors (Lipinski definition) is 0. The van der Waals surface area contributed by atoms with E-state index in [0.29, 0.717) is 0 Å². The van der Waals surface area contributed by atoms with Gasteiger partial charge < -0.3 is 9.47 Å². The maximum absolute atomic E-state index is 5.76. The Bertz CT molecular complexity index is 511. The molecule has 0 saturated carbocycles. The summed E-state index contributed by atoms with van der Waals surface area (Å²) in [5.74, 6) is 1.90. The number of halogens is 1. The van der Waals surface area contributed by atoms with E-state index in [-0.39, 0.29) is 0 Å². The minimum atomic E-state index is 0.739. The lowest BCUT2D eigenvalue weighted by Crippen LogP contribution is -2.02. The molecular formula is C19H23IO2. The maximum Gasteiger partial charge on any atom is 0.119 e. The van der Waals surface area contributed by atoms with Crippen LogP contribution in [0.4, 0.5) is 0 Å². The van der Waals surface area contributed by atoms with Gasteiger partial charge in [0.2, 0.25) is 0 Å². The first-order chi connectivity index (χ1) is 10.9. The monoisotopic (exact) mass is 410 g/mol. The predicted molar refractivity (Wildman–Crippen MR) is 100 cm³/mol. The minimum absolute atomic E-state index is 0.739. The van der Waals surface area contributed by atoms with Gasteiger partial charge in [-0.25, -0.2) is 0 Å². The van der Waals surface area contributed by atoms with Gasteiger partial charge in [0.25, 0.3) is 0 Å². The third-order valence-electron chi connectivity index (χ3n) is 3.34. The molecule has 3 heteroatoms. The maximum atomic E-state index is 5.76. The second kappa shape index (κ2) is 10.5. The van der Waals surface area contributed by atoms with E-state index in [1.165, 1.54) is 16.4 Å². The highest BCUT2D eigenvalue weighted by molar-refractivity contribution is 14.1. The van der Waals surface area contributed by atoms with Crippen LogP contribution in [0.1, 0.15) is 24.8 Å². The summed E-state index contributed by atoms with van der Waals surface area (Å²) in [6.07, 6.45) is 4.40. The molecule has 2 aromatic rings. The van der Waals surface area contributed by atoms with Crippen molar-refractivity contribution in [1.82, 2.24) is 0 Å². The molecule has 0 unspecified atom stereocenters. The zero-order valence-electron chi connectivity index (χ0n) is 12.8. The Morgan fingerprint density at radius 2 is 1.27 bits per heavy atom. The molecule has 0 radical (unpaired) electrons. The average Bonchev–Trinajstić information content (AvgIpc) is 2.58. The van der Waals surface area contributed by atoms with Crippen LogP contribution in [0.5, 0.6) is 11.5 Å². The van der Waals surface area contributed by atoms with Gasteiger partial charge in [-0.3, -0.25) is 0 Å². The number of para-hydroxylation sites is 1. The number of hydrogen-bond acceptors (Lipinski definition) is 2. The number of ether oxygens (including phenoxy) is 2. The SMILES string of the molecule is ICCCc1ccc(OCCCCOc2ccccc2)cc1.